The minimum Gasteiger partial charge on any atom is -0.387 e. The number of benzene rings is 4. The van der Waals surface area contributed by atoms with Crippen molar-refractivity contribution in [3.63, 3.8) is 0 Å². The summed E-state index contributed by atoms with van der Waals surface area (Å²) in [6.45, 7) is 0.795. The largest absolute Gasteiger partial charge is 0.387 e. The van der Waals surface area contributed by atoms with Gasteiger partial charge in [-0.1, -0.05) is 72.8 Å². The van der Waals surface area contributed by atoms with Gasteiger partial charge < -0.3 is 14.8 Å². The van der Waals surface area contributed by atoms with Crippen LogP contribution in [0.4, 0.5) is 0 Å². The molecule has 2 aliphatic rings. The molecule has 5 nitrogen and oxygen atoms in total. The van der Waals surface area contributed by atoms with Crippen molar-refractivity contribution in [3.05, 3.63) is 163 Å². The average molecular weight is 626 g/mol. The van der Waals surface area contributed by atoms with Crippen molar-refractivity contribution < 1.29 is 0 Å². The summed E-state index contributed by atoms with van der Waals surface area (Å²) in [5.41, 5.74) is 10.2. The number of para-hydroxylation sites is 1. The fraction of sp³-hybridized carbons (Fsp3) is 0.0732. The molecule has 0 aliphatic carbocycles. The third kappa shape index (κ3) is 4.68. The lowest BCUT2D eigenvalue weighted by molar-refractivity contribution is 0.400. The van der Waals surface area contributed by atoms with Gasteiger partial charge in [-0.05, 0) is 77.3 Å². The molecule has 1 N–H and O–H groups in total. The normalized spacial score (nSPS) is 16.3. The number of dihydropyridines is 1. The first-order valence-electron chi connectivity index (χ1n) is 15.9. The molecule has 3 aromatic heterocycles. The number of nitrogens with zero attached hydrogens (tertiary/aromatic N) is 4. The highest BCUT2D eigenvalue weighted by Crippen LogP contribution is 2.43. The first-order valence-corrected chi connectivity index (χ1v) is 16.7. The Hall–Kier alpha value is -5.72. The molecule has 0 spiro atoms. The number of aromatic nitrogens is 2. The Balaban J connectivity index is 1.22. The van der Waals surface area contributed by atoms with Gasteiger partial charge in [-0.15, -0.1) is 11.3 Å². The van der Waals surface area contributed by atoms with E-state index in [-0.39, 0.29) is 6.17 Å². The predicted molar refractivity (Wildman–Crippen MR) is 197 cm³/mol. The van der Waals surface area contributed by atoms with Gasteiger partial charge in [-0.3, -0.25) is 9.98 Å². The highest BCUT2D eigenvalue weighted by Gasteiger charge is 2.26. The molecule has 0 saturated heterocycles. The number of aliphatic imine (C=N–C) groups is 1. The van der Waals surface area contributed by atoms with Gasteiger partial charge >= 0.3 is 0 Å². The fourth-order valence-electron chi connectivity index (χ4n) is 6.92. The molecule has 0 saturated carbocycles. The molecule has 6 heteroatoms. The topological polar surface area (TPSA) is 45.5 Å². The van der Waals surface area contributed by atoms with Crippen molar-refractivity contribution in [3.8, 4) is 16.1 Å². The first-order chi connectivity index (χ1) is 23.2. The molecular formula is C41H31N5S. The van der Waals surface area contributed by atoms with Gasteiger partial charge in [0.05, 0.1) is 16.7 Å². The third-order valence-electron chi connectivity index (χ3n) is 9.18. The molecular weight excluding hydrogens is 595 g/mol. The second kappa shape index (κ2) is 11.3. The van der Waals surface area contributed by atoms with Crippen molar-refractivity contribution in [1.29, 1.82) is 0 Å². The Bertz CT molecular complexity index is 2430. The van der Waals surface area contributed by atoms with Crippen LogP contribution in [0.15, 0.2) is 157 Å². The van der Waals surface area contributed by atoms with Crippen LogP contribution in [0.25, 0.3) is 53.7 Å². The van der Waals surface area contributed by atoms with Crippen molar-refractivity contribution in [1.82, 2.24) is 19.8 Å². The zero-order chi connectivity index (χ0) is 31.3. The van der Waals surface area contributed by atoms with E-state index in [2.05, 4.69) is 154 Å². The summed E-state index contributed by atoms with van der Waals surface area (Å²) >= 11 is 1.88. The lowest BCUT2D eigenvalue weighted by atomic mass is 10.00. The van der Waals surface area contributed by atoms with Gasteiger partial charge in [0.25, 0.3) is 0 Å². The van der Waals surface area contributed by atoms with Crippen LogP contribution in [0.2, 0.25) is 0 Å². The Labute approximate surface area is 277 Å². The fourth-order valence-corrected chi connectivity index (χ4v) is 8.14. The molecule has 1 atom stereocenters. The summed E-state index contributed by atoms with van der Waals surface area (Å²) in [6.07, 6.45) is 12.1. The molecule has 9 rings (SSSR count). The second-order valence-corrected chi connectivity index (χ2v) is 13.0. The maximum Gasteiger partial charge on any atom is 0.147 e. The van der Waals surface area contributed by atoms with Crippen molar-refractivity contribution >= 4 is 54.6 Å². The van der Waals surface area contributed by atoms with Crippen LogP contribution in [0.3, 0.4) is 0 Å². The highest BCUT2D eigenvalue weighted by atomic mass is 32.1. The number of fused-ring (bicyclic) bond motifs is 5. The van der Waals surface area contributed by atoms with Crippen LogP contribution in [-0.4, -0.2) is 39.9 Å². The summed E-state index contributed by atoms with van der Waals surface area (Å²) < 4.78 is 3.73. The Morgan fingerprint density at radius 2 is 1.62 bits per heavy atom. The van der Waals surface area contributed by atoms with E-state index in [1.54, 1.807) is 0 Å². The van der Waals surface area contributed by atoms with E-state index < -0.39 is 0 Å². The molecule has 1 unspecified atom stereocenters. The molecule has 7 aromatic rings. The van der Waals surface area contributed by atoms with Crippen molar-refractivity contribution in [2.24, 2.45) is 4.99 Å². The summed E-state index contributed by atoms with van der Waals surface area (Å²) in [5, 5.41) is 7.12. The van der Waals surface area contributed by atoms with E-state index in [4.69, 9.17) is 4.99 Å². The van der Waals surface area contributed by atoms with Gasteiger partial charge in [0, 0.05) is 68.8 Å². The zero-order valence-corrected chi connectivity index (χ0v) is 26.7. The van der Waals surface area contributed by atoms with Crippen molar-refractivity contribution in [2.75, 3.05) is 13.6 Å². The first kappa shape index (κ1) is 27.6. The van der Waals surface area contributed by atoms with Crippen LogP contribution >= 0.6 is 11.3 Å². The van der Waals surface area contributed by atoms with Crippen LogP contribution in [-0.2, 0) is 0 Å². The molecule has 5 heterocycles. The molecule has 0 amide bonds. The minimum atomic E-state index is -0.140. The lowest BCUT2D eigenvalue weighted by Crippen LogP contribution is -2.35. The molecule has 4 aromatic carbocycles. The maximum atomic E-state index is 5.35. The highest BCUT2D eigenvalue weighted by molar-refractivity contribution is 7.23. The average Bonchev–Trinajstić information content (AvgIpc) is 3.72. The summed E-state index contributed by atoms with van der Waals surface area (Å²) in [7, 11) is 2.12. The quantitative estimate of drug-likeness (QED) is 0.207. The molecule has 0 fully saturated rings. The number of hydrogen-bond donors (Lipinski definition) is 1. The Morgan fingerprint density at radius 3 is 2.47 bits per heavy atom. The second-order valence-electron chi connectivity index (χ2n) is 12.0. The van der Waals surface area contributed by atoms with E-state index >= 15 is 0 Å². The van der Waals surface area contributed by atoms with Gasteiger partial charge in [0.2, 0.25) is 0 Å². The summed E-state index contributed by atoms with van der Waals surface area (Å²) in [5.74, 6) is 0. The number of allylic oxidation sites excluding steroid dienone is 1. The predicted octanol–water partition coefficient (Wildman–Crippen LogP) is 9.21. The van der Waals surface area contributed by atoms with E-state index in [0.29, 0.717) is 0 Å². The van der Waals surface area contributed by atoms with Gasteiger partial charge in [0.15, 0.2) is 0 Å². The number of rotatable bonds is 5. The van der Waals surface area contributed by atoms with Crippen molar-refractivity contribution in [2.45, 2.75) is 6.17 Å². The Kier molecular flexibility index (Phi) is 6.61. The number of pyridine rings is 1. The van der Waals surface area contributed by atoms with Gasteiger partial charge in [-0.2, -0.15) is 0 Å². The number of thiophene rings is 1. The monoisotopic (exact) mass is 625 g/mol. The maximum absolute atomic E-state index is 5.35. The molecule has 0 radical (unpaired) electrons. The molecule has 47 heavy (non-hydrogen) atoms. The van der Waals surface area contributed by atoms with Gasteiger partial charge in [-0.25, -0.2) is 0 Å². The van der Waals surface area contributed by atoms with Crippen LogP contribution < -0.4 is 5.32 Å². The SMILES string of the molecule is CN1C(c2ccncc2)=CC(c2cccc(-n3c4ccccc4c4c5sc(-c6ccccc6)cc5ccc43)c2)=NC1C1=CCNC=C1. The van der Waals surface area contributed by atoms with Crippen LogP contribution in [0, 0.1) is 0 Å². The van der Waals surface area contributed by atoms with E-state index in [1.807, 2.05) is 29.9 Å². The van der Waals surface area contributed by atoms with E-state index in [0.717, 1.165) is 34.8 Å². The third-order valence-corrected chi connectivity index (χ3v) is 10.4. The lowest BCUT2D eigenvalue weighted by Gasteiger charge is -2.35. The Morgan fingerprint density at radius 1 is 0.787 bits per heavy atom. The summed E-state index contributed by atoms with van der Waals surface area (Å²) in [4.78, 5) is 13.2. The van der Waals surface area contributed by atoms with Crippen LogP contribution in [0.1, 0.15) is 11.1 Å². The summed E-state index contributed by atoms with van der Waals surface area (Å²) in [6, 6.07) is 39.3. The molecule has 0 bridgehead atoms. The number of nitrogens with one attached hydrogen (secondary N) is 1. The molecule has 226 valence electrons. The number of likely N-dealkylation sites (N-methyl/N-ethyl adjacent to an activating group) is 1. The zero-order valence-electron chi connectivity index (χ0n) is 25.8. The molecule has 2 aliphatic heterocycles. The van der Waals surface area contributed by atoms with Crippen LogP contribution in [0.5, 0.6) is 0 Å². The van der Waals surface area contributed by atoms with E-state index in [9.17, 15) is 0 Å². The van der Waals surface area contributed by atoms with E-state index in [1.165, 1.54) is 47.9 Å². The smallest absolute Gasteiger partial charge is 0.147 e. The minimum absolute atomic E-state index is 0.140. The number of hydrogen-bond acceptors (Lipinski definition) is 5. The standard InChI is InChI=1S/C41H31N5S/c1-45-37(27-16-20-42-21-17-27)26-34(44-41(45)29-18-22-43-23-19-29)30-10-7-11-32(24-30)46-35-13-6-5-12-33(35)39-36(46)15-14-31-25-38(47-40(31)39)28-8-3-2-4-9-28/h2-22,24-26,41,43H,23H2,1H3. The van der Waals surface area contributed by atoms with Gasteiger partial charge in [0.1, 0.15) is 6.17 Å².